The normalized spacial score (nSPS) is 25.5. The highest BCUT2D eigenvalue weighted by Crippen LogP contribution is 2.40. The van der Waals surface area contributed by atoms with Crippen molar-refractivity contribution < 1.29 is 9.53 Å². The minimum Gasteiger partial charge on any atom is -0.484 e. The van der Waals surface area contributed by atoms with E-state index in [2.05, 4.69) is 11.4 Å². The van der Waals surface area contributed by atoms with Gasteiger partial charge in [0.15, 0.2) is 5.78 Å². The number of rotatable bonds is 0. The lowest BCUT2D eigenvalue weighted by molar-refractivity contribution is 0.0246. The third-order valence-electron chi connectivity index (χ3n) is 4.41. The van der Waals surface area contributed by atoms with Crippen LogP contribution in [0.4, 0.5) is 0 Å². The Kier molecular flexibility index (Phi) is 2.57. The summed E-state index contributed by atoms with van der Waals surface area (Å²) in [6.45, 7) is 1.78. The van der Waals surface area contributed by atoms with Crippen LogP contribution in [-0.2, 0) is 0 Å². The van der Waals surface area contributed by atoms with Gasteiger partial charge in [-0.3, -0.25) is 4.79 Å². The number of ether oxygens (including phenoxy) is 1. The van der Waals surface area contributed by atoms with Crippen LogP contribution in [0.1, 0.15) is 29.6 Å². The zero-order valence-corrected chi connectivity index (χ0v) is 11.3. The highest BCUT2D eigenvalue weighted by atomic mass is 16.5. The van der Waals surface area contributed by atoms with Crippen LogP contribution in [0.15, 0.2) is 36.4 Å². The number of Topliss-reactive ketones (excluding diaryl/α,β-unsaturated/α-hetero) is 1. The molecule has 1 fully saturated rings. The molecule has 20 heavy (non-hydrogen) atoms. The predicted octanol–water partition coefficient (Wildman–Crippen LogP) is 2.93. The van der Waals surface area contributed by atoms with E-state index in [1.54, 1.807) is 0 Å². The monoisotopic (exact) mass is 267 g/mol. The topological polar surface area (TPSA) is 38.3 Å². The molecule has 1 spiro atoms. The second-order valence-electron chi connectivity index (χ2n) is 5.83. The number of fused-ring (bicyclic) bond motifs is 3. The summed E-state index contributed by atoms with van der Waals surface area (Å²) in [6.07, 6.45) is 2.51. The van der Waals surface area contributed by atoms with Crippen molar-refractivity contribution in [3.63, 3.8) is 0 Å². The quantitative estimate of drug-likeness (QED) is 0.797. The molecule has 3 heteroatoms. The highest BCUT2D eigenvalue weighted by Gasteiger charge is 2.41. The van der Waals surface area contributed by atoms with Crippen molar-refractivity contribution in [2.24, 2.45) is 0 Å². The molecule has 0 aliphatic carbocycles. The van der Waals surface area contributed by atoms with E-state index in [0.29, 0.717) is 6.42 Å². The number of benzene rings is 2. The minimum absolute atomic E-state index is 0.209. The summed E-state index contributed by atoms with van der Waals surface area (Å²) >= 11 is 0. The summed E-state index contributed by atoms with van der Waals surface area (Å²) < 4.78 is 6.36. The van der Waals surface area contributed by atoms with Crippen LogP contribution in [0, 0.1) is 0 Å². The first-order valence-corrected chi connectivity index (χ1v) is 7.22. The minimum atomic E-state index is -0.341. The summed E-state index contributed by atoms with van der Waals surface area (Å²) in [5.74, 6) is 0.990. The van der Waals surface area contributed by atoms with E-state index < -0.39 is 0 Å². The molecule has 2 aromatic rings. The van der Waals surface area contributed by atoms with Crippen molar-refractivity contribution in [1.82, 2.24) is 5.32 Å². The van der Waals surface area contributed by atoms with Crippen LogP contribution in [0.25, 0.3) is 10.8 Å². The summed E-state index contributed by atoms with van der Waals surface area (Å²) in [5.41, 5.74) is 0.395. The summed E-state index contributed by atoms with van der Waals surface area (Å²) in [5, 5.41) is 5.54. The van der Waals surface area contributed by atoms with Crippen molar-refractivity contribution in [3.8, 4) is 5.75 Å². The van der Waals surface area contributed by atoms with Crippen LogP contribution in [0.5, 0.6) is 5.75 Å². The molecule has 2 aliphatic rings. The highest BCUT2D eigenvalue weighted by molar-refractivity contribution is 6.06. The van der Waals surface area contributed by atoms with E-state index >= 15 is 0 Å². The SMILES string of the molecule is O=C1C[C@]2(CCCNC2)Oc2c1ccc1ccccc21. The second kappa shape index (κ2) is 4.32. The van der Waals surface area contributed by atoms with Crippen molar-refractivity contribution in [2.45, 2.75) is 24.9 Å². The first kappa shape index (κ1) is 11.9. The zero-order chi connectivity index (χ0) is 13.6. The molecule has 1 N–H and O–H groups in total. The van der Waals surface area contributed by atoms with Gasteiger partial charge in [0.25, 0.3) is 0 Å². The number of hydrogen-bond donors (Lipinski definition) is 1. The number of hydrogen-bond acceptors (Lipinski definition) is 3. The molecular formula is C17H17NO2. The molecule has 0 radical (unpaired) electrons. The first-order chi connectivity index (χ1) is 9.77. The van der Waals surface area contributed by atoms with Gasteiger partial charge in [0.05, 0.1) is 12.0 Å². The summed E-state index contributed by atoms with van der Waals surface area (Å²) in [7, 11) is 0. The Morgan fingerprint density at radius 1 is 1.15 bits per heavy atom. The molecule has 2 aliphatic heterocycles. The van der Waals surface area contributed by atoms with E-state index in [4.69, 9.17) is 4.74 Å². The third-order valence-corrected chi connectivity index (χ3v) is 4.41. The van der Waals surface area contributed by atoms with Crippen LogP contribution < -0.4 is 10.1 Å². The summed E-state index contributed by atoms with van der Waals surface area (Å²) in [4.78, 5) is 12.5. The average molecular weight is 267 g/mol. The lowest BCUT2D eigenvalue weighted by atomic mass is 9.83. The molecule has 4 rings (SSSR count). The Labute approximate surface area is 117 Å². The number of nitrogens with one attached hydrogen (secondary N) is 1. The van der Waals surface area contributed by atoms with Gasteiger partial charge in [-0.15, -0.1) is 0 Å². The molecule has 102 valence electrons. The fourth-order valence-electron chi connectivity index (χ4n) is 3.39. The van der Waals surface area contributed by atoms with Crippen molar-refractivity contribution >= 4 is 16.6 Å². The maximum Gasteiger partial charge on any atom is 0.170 e. The Hall–Kier alpha value is -1.87. The zero-order valence-electron chi connectivity index (χ0n) is 11.3. The molecule has 0 amide bonds. The molecule has 1 saturated heterocycles. The average Bonchev–Trinajstić information content (AvgIpc) is 2.48. The van der Waals surface area contributed by atoms with Crippen molar-refractivity contribution in [2.75, 3.05) is 13.1 Å². The van der Waals surface area contributed by atoms with Gasteiger partial charge in [0.2, 0.25) is 0 Å². The smallest absolute Gasteiger partial charge is 0.170 e. The van der Waals surface area contributed by atoms with Gasteiger partial charge in [0, 0.05) is 11.9 Å². The maximum atomic E-state index is 12.5. The molecule has 2 aromatic carbocycles. The molecule has 0 unspecified atom stereocenters. The largest absolute Gasteiger partial charge is 0.484 e. The Balaban J connectivity index is 1.88. The number of carbonyl (C=O) groups excluding carboxylic acids is 1. The van der Waals surface area contributed by atoms with E-state index in [9.17, 15) is 4.79 Å². The van der Waals surface area contributed by atoms with Gasteiger partial charge in [0.1, 0.15) is 11.4 Å². The van der Waals surface area contributed by atoms with Crippen LogP contribution in [-0.4, -0.2) is 24.5 Å². The number of ketones is 1. The number of carbonyl (C=O) groups is 1. The molecule has 2 heterocycles. The van der Waals surface area contributed by atoms with Crippen LogP contribution in [0.3, 0.4) is 0 Å². The van der Waals surface area contributed by atoms with Crippen LogP contribution >= 0.6 is 0 Å². The van der Waals surface area contributed by atoms with E-state index in [1.165, 1.54) is 0 Å². The molecule has 0 bridgehead atoms. The Morgan fingerprint density at radius 3 is 2.90 bits per heavy atom. The Morgan fingerprint density at radius 2 is 2.05 bits per heavy atom. The fourth-order valence-corrected chi connectivity index (χ4v) is 3.39. The van der Waals surface area contributed by atoms with E-state index in [0.717, 1.165) is 48.0 Å². The molecule has 1 atom stereocenters. The first-order valence-electron chi connectivity index (χ1n) is 7.22. The predicted molar refractivity (Wildman–Crippen MR) is 78.4 cm³/mol. The van der Waals surface area contributed by atoms with E-state index in [1.807, 2.05) is 30.3 Å². The molecule has 3 nitrogen and oxygen atoms in total. The number of piperidine rings is 1. The Bertz CT molecular complexity index is 686. The maximum absolute atomic E-state index is 12.5. The molecular weight excluding hydrogens is 250 g/mol. The second-order valence-corrected chi connectivity index (χ2v) is 5.83. The standard InChI is InChI=1S/C17H17NO2/c19-15-10-17(8-3-9-18-11-17)20-16-13-5-2-1-4-12(13)6-7-14(15)16/h1-2,4-7,18H,3,8-11H2/t17-/m0/s1. The molecule has 0 aromatic heterocycles. The molecule has 0 saturated carbocycles. The third kappa shape index (κ3) is 1.74. The van der Waals surface area contributed by atoms with Gasteiger partial charge >= 0.3 is 0 Å². The van der Waals surface area contributed by atoms with Gasteiger partial charge in [-0.1, -0.05) is 30.3 Å². The fraction of sp³-hybridized carbons (Fsp3) is 0.353. The van der Waals surface area contributed by atoms with E-state index in [-0.39, 0.29) is 11.4 Å². The summed E-state index contributed by atoms with van der Waals surface area (Å²) in [6, 6.07) is 12.0. The lowest BCUT2D eigenvalue weighted by Gasteiger charge is -2.41. The van der Waals surface area contributed by atoms with Crippen molar-refractivity contribution in [1.29, 1.82) is 0 Å². The van der Waals surface area contributed by atoms with Gasteiger partial charge in [-0.05, 0) is 30.8 Å². The van der Waals surface area contributed by atoms with Gasteiger partial charge < -0.3 is 10.1 Å². The van der Waals surface area contributed by atoms with Gasteiger partial charge in [-0.25, -0.2) is 0 Å². The van der Waals surface area contributed by atoms with Gasteiger partial charge in [-0.2, -0.15) is 0 Å². The van der Waals surface area contributed by atoms with Crippen molar-refractivity contribution in [3.05, 3.63) is 42.0 Å². The lowest BCUT2D eigenvalue weighted by Crippen LogP contribution is -2.53. The van der Waals surface area contributed by atoms with Crippen LogP contribution in [0.2, 0.25) is 0 Å².